The molecule has 0 radical (unpaired) electrons. The van der Waals surface area contributed by atoms with Gasteiger partial charge in [-0.05, 0) is 31.4 Å². The van der Waals surface area contributed by atoms with Crippen molar-refractivity contribution >= 4 is 43.4 Å². The number of hydrogen-bond acceptors (Lipinski definition) is 4. The Hall–Kier alpha value is -1.66. The summed E-state index contributed by atoms with van der Waals surface area (Å²) in [6, 6.07) is 4.26. The fraction of sp³-hybridized carbons (Fsp3) is 0.286. The first-order valence-corrected chi connectivity index (χ1v) is 8.00. The van der Waals surface area contributed by atoms with E-state index in [2.05, 4.69) is 46.0 Å². The van der Waals surface area contributed by atoms with Gasteiger partial charge in [0, 0.05) is 19.0 Å². The molecule has 4 nitrogen and oxygen atoms in total. The van der Waals surface area contributed by atoms with Crippen LogP contribution in [0.2, 0.25) is 0 Å². The Balaban J connectivity index is 0.000000123. The molecule has 0 aliphatic heterocycles. The van der Waals surface area contributed by atoms with E-state index in [1.54, 1.807) is 22.7 Å². The third-order valence-corrected chi connectivity index (χ3v) is 5.02. The molecule has 4 heterocycles. The topological polar surface area (TPSA) is 35.6 Å². The van der Waals surface area contributed by atoms with Crippen LogP contribution in [0.1, 0.15) is 10.7 Å². The molecule has 6 heteroatoms. The van der Waals surface area contributed by atoms with Gasteiger partial charge >= 0.3 is 0 Å². The molecule has 0 amide bonds. The molecule has 0 unspecified atom stereocenters. The standard InChI is InChI=1S/C8H10N2S.C6H6N2S/c1-5-4-7-8(11-5)9-6(2)10(7)3;1-8-4-7-6-5(8)2-3-9-6/h4H,1-3H3;2-4H,1H3. The quantitative estimate of drug-likeness (QED) is 0.494. The molecule has 0 saturated heterocycles. The van der Waals surface area contributed by atoms with Crippen LogP contribution >= 0.6 is 22.7 Å². The maximum atomic E-state index is 4.42. The molecule has 0 atom stereocenters. The molecule has 4 aromatic rings. The van der Waals surface area contributed by atoms with Crippen LogP contribution in [-0.4, -0.2) is 19.1 Å². The molecule has 0 spiro atoms. The summed E-state index contributed by atoms with van der Waals surface area (Å²) in [6.07, 6.45) is 1.83. The minimum atomic E-state index is 1.09. The van der Waals surface area contributed by atoms with E-state index in [0.29, 0.717) is 0 Å². The highest BCUT2D eigenvalue weighted by Gasteiger charge is 2.05. The molecule has 20 heavy (non-hydrogen) atoms. The van der Waals surface area contributed by atoms with Crippen LogP contribution in [-0.2, 0) is 14.1 Å². The zero-order chi connectivity index (χ0) is 14.3. The molecule has 0 fully saturated rings. The van der Waals surface area contributed by atoms with E-state index in [0.717, 1.165) is 15.5 Å². The lowest BCUT2D eigenvalue weighted by Crippen LogP contribution is -1.89. The van der Waals surface area contributed by atoms with E-state index in [-0.39, 0.29) is 0 Å². The van der Waals surface area contributed by atoms with Crippen LogP contribution in [0.25, 0.3) is 20.7 Å². The highest BCUT2D eigenvalue weighted by molar-refractivity contribution is 7.18. The largest absolute Gasteiger partial charge is 0.333 e. The average Bonchev–Trinajstić information content (AvgIpc) is 3.11. The summed E-state index contributed by atoms with van der Waals surface area (Å²) in [7, 11) is 4.05. The second kappa shape index (κ2) is 5.03. The second-order valence-corrected chi connectivity index (χ2v) is 6.86. The van der Waals surface area contributed by atoms with E-state index in [4.69, 9.17) is 0 Å². The summed E-state index contributed by atoms with van der Waals surface area (Å²) in [5, 5.41) is 2.05. The van der Waals surface area contributed by atoms with Crippen molar-refractivity contribution in [3.8, 4) is 0 Å². The molecular weight excluding hydrogens is 288 g/mol. The van der Waals surface area contributed by atoms with Crippen LogP contribution in [0.3, 0.4) is 0 Å². The molecule has 4 rings (SSSR count). The van der Waals surface area contributed by atoms with Crippen molar-refractivity contribution in [1.29, 1.82) is 0 Å². The predicted molar refractivity (Wildman–Crippen MR) is 86.7 cm³/mol. The average molecular weight is 304 g/mol. The molecule has 0 bridgehead atoms. The monoisotopic (exact) mass is 304 g/mol. The Bertz CT molecular complexity index is 862. The number of aromatic nitrogens is 4. The third-order valence-electron chi connectivity index (χ3n) is 3.28. The predicted octanol–water partition coefficient (Wildman–Crippen LogP) is 3.89. The van der Waals surface area contributed by atoms with Crippen LogP contribution in [0.4, 0.5) is 0 Å². The highest BCUT2D eigenvalue weighted by atomic mass is 32.1. The van der Waals surface area contributed by atoms with Crippen molar-refractivity contribution in [2.24, 2.45) is 14.1 Å². The molecule has 0 aliphatic rings. The lowest BCUT2D eigenvalue weighted by Gasteiger charge is -1.91. The number of imidazole rings is 2. The summed E-state index contributed by atoms with van der Waals surface area (Å²) in [6.45, 7) is 4.14. The van der Waals surface area contributed by atoms with E-state index >= 15 is 0 Å². The Morgan fingerprint density at radius 2 is 1.90 bits per heavy atom. The smallest absolute Gasteiger partial charge is 0.142 e. The Morgan fingerprint density at radius 1 is 1.10 bits per heavy atom. The molecule has 0 aliphatic carbocycles. The van der Waals surface area contributed by atoms with Crippen molar-refractivity contribution in [1.82, 2.24) is 19.1 Å². The number of fused-ring (bicyclic) bond motifs is 2. The third kappa shape index (κ3) is 2.25. The van der Waals surface area contributed by atoms with Crippen molar-refractivity contribution in [2.45, 2.75) is 13.8 Å². The first kappa shape index (κ1) is 13.3. The fourth-order valence-corrected chi connectivity index (χ4v) is 3.79. The molecule has 0 saturated carbocycles. The van der Waals surface area contributed by atoms with Crippen LogP contribution in [0, 0.1) is 13.8 Å². The number of aryl methyl sites for hydroxylation is 4. The lowest BCUT2D eigenvalue weighted by molar-refractivity contribution is 0.885. The zero-order valence-corrected chi connectivity index (χ0v) is 13.5. The SMILES string of the molecule is Cc1cc2c(nc(C)n2C)s1.Cn1cnc2sccc21. The van der Waals surface area contributed by atoms with Gasteiger partial charge in [0.1, 0.15) is 15.5 Å². The van der Waals surface area contributed by atoms with Crippen molar-refractivity contribution in [2.75, 3.05) is 0 Å². The number of rotatable bonds is 0. The zero-order valence-electron chi connectivity index (χ0n) is 11.9. The summed E-state index contributed by atoms with van der Waals surface area (Å²) in [4.78, 5) is 12.2. The van der Waals surface area contributed by atoms with Crippen molar-refractivity contribution in [3.63, 3.8) is 0 Å². The van der Waals surface area contributed by atoms with Gasteiger partial charge in [-0.25, -0.2) is 9.97 Å². The Labute approximate surface area is 125 Å². The van der Waals surface area contributed by atoms with Gasteiger partial charge in [0.15, 0.2) is 0 Å². The molecule has 4 aromatic heterocycles. The van der Waals surface area contributed by atoms with Gasteiger partial charge in [-0.3, -0.25) is 0 Å². The Morgan fingerprint density at radius 3 is 2.60 bits per heavy atom. The van der Waals surface area contributed by atoms with E-state index in [1.165, 1.54) is 15.9 Å². The maximum absolute atomic E-state index is 4.42. The van der Waals surface area contributed by atoms with Gasteiger partial charge in [0.05, 0.1) is 17.4 Å². The number of thiophene rings is 2. The van der Waals surface area contributed by atoms with Crippen molar-refractivity contribution in [3.05, 3.63) is 34.5 Å². The number of nitrogens with zero attached hydrogens (tertiary/aromatic N) is 4. The van der Waals surface area contributed by atoms with Gasteiger partial charge in [0.25, 0.3) is 0 Å². The molecular formula is C14H16N4S2. The van der Waals surface area contributed by atoms with Gasteiger partial charge in [0.2, 0.25) is 0 Å². The minimum Gasteiger partial charge on any atom is -0.333 e. The van der Waals surface area contributed by atoms with Crippen LogP contribution < -0.4 is 0 Å². The lowest BCUT2D eigenvalue weighted by atomic mass is 10.5. The maximum Gasteiger partial charge on any atom is 0.142 e. The van der Waals surface area contributed by atoms with Crippen LogP contribution in [0.5, 0.6) is 0 Å². The highest BCUT2D eigenvalue weighted by Crippen LogP contribution is 2.24. The summed E-state index contributed by atoms with van der Waals surface area (Å²) < 4.78 is 4.14. The summed E-state index contributed by atoms with van der Waals surface area (Å²) in [5.41, 5.74) is 2.48. The Kier molecular flexibility index (Phi) is 3.35. The van der Waals surface area contributed by atoms with Gasteiger partial charge < -0.3 is 9.13 Å². The first-order chi connectivity index (χ1) is 9.56. The fourth-order valence-electron chi connectivity index (χ4n) is 2.07. The van der Waals surface area contributed by atoms with E-state index < -0.39 is 0 Å². The number of hydrogen-bond donors (Lipinski definition) is 0. The van der Waals surface area contributed by atoms with Crippen LogP contribution in [0.15, 0.2) is 23.8 Å². The van der Waals surface area contributed by atoms with E-state index in [1.807, 2.05) is 24.9 Å². The van der Waals surface area contributed by atoms with E-state index in [9.17, 15) is 0 Å². The van der Waals surface area contributed by atoms with Gasteiger partial charge in [-0.1, -0.05) is 0 Å². The summed E-state index contributed by atoms with van der Waals surface area (Å²) >= 11 is 3.43. The second-order valence-electron chi connectivity index (χ2n) is 4.73. The minimum absolute atomic E-state index is 1.09. The normalized spacial score (nSPS) is 11.0. The van der Waals surface area contributed by atoms with Gasteiger partial charge in [-0.15, -0.1) is 22.7 Å². The molecule has 0 aromatic carbocycles. The molecule has 0 N–H and O–H groups in total. The van der Waals surface area contributed by atoms with Crippen molar-refractivity contribution < 1.29 is 0 Å². The first-order valence-electron chi connectivity index (χ1n) is 6.30. The summed E-state index contributed by atoms with van der Waals surface area (Å²) in [5.74, 6) is 1.09. The van der Waals surface area contributed by atoms with Gasteiger partial charge in [-0.2, -0.15) is 0 Å². The molecule has 104 valence electrons.